The lowest BCUT2D eigenvalue weighted by Gasteiger charge is -2.11. The monoisotopic (exact) mass is 350 g/mol. The zero-order valence-corrected chi connectivity index (χ0v) is 12.3. The maximum Gasteiger partial charge on any atom is 0.371 e. The molecule has 6 nitrogen and oxygen atoms in total. The van der Waals surface area contributed by atoms with Gasteiger partial charge in [0.1, 0.15) is 6.33 Å². The van der Waals surface area contributed by atoms with Gasteiger partial charge in [-0.05, 0) is 30.7 Å². The van der Waals surface area contributed by atoms with Crippen LogP contribution in [0.3, 0.4) is 0 Å². The Morgan fingerprint density at radius 1 is 1.24 bits per heavy atom. The standard InChI is InChI=1S/C13H8BrFN4O2/c1-7-4-8(2-3-9(7)14)19-11(20)5-10(15)18-6-16-12(21)17-13(18)19/h2-6H,1H3. The fourth-order valence-electron chi connectivity index (χ4n) is 1.98. The lowest BCUT2D eigenvalue weighted by atomic mass is 10.2. The topological polar surface area (TPSA) is 69.3 Å². The summed E-state index contributed by atoms with van der Waals surface area (Å²) in [5, 5.41) is 0. The molecule has 2 heterocycles. The second-order valence-electron chi connectivity index (χ2n) is 4.38. The summed E-state index contributed by atoms with van der Waals surface area (Å²) in [6.07, 6.45) is 1.00. The van der Waals surface area contributed by atoms with Gasteiger partial charge in [-0.15, -0.1) is 0 Å². The Bertz CT molecular complexity index is 980. The molecular formula is C13H8BrFN4O2. The van der Waals surface area contributed by atoms with E-state index in [1.54, 1.807) is 18.2 Å². The quantitative estimate of drug-likeness (QED) is 0.623. The summed E-state index contributed by atoms with van der Waals surface area (Å²) < 4.78 is 16.8. The fraction of sp³-hybridized carbons (Fsp3) is 0.0769. The molecule has 0 aliphatic heterocycles. The van der Waals surface area contributed by atoms with Crippen molar-refractivity contribution in [1.82, 2.24) is 18.9 Å². The summed E-state index contributed by atoms with van der Waals surface area (Å²) in [6, 6.07) is 5.98. The Balaban J connectivity index is 2.46. The molecule has 0 fully saturated rings. The summed E-state index contributed by atoms with van der Waals surface area (Å²) in [5.41, 5.74) is -0.0375. The molecule has 2 aromatic heterocycles. The van der Waals surface area contributed by atoms with Crippen molar-refractivity contribution in [2.24, 2.45) is 0 Å². The third kappa shape index (κ3) is 2.27. The number of hydrogen-bond donors (Lipinski definition) is 0. The highest BCUT2D eigenvalue weighted by atomic mass is 79.9. The molecule has 0 N–H and O–H groups in total. The van der Waals surface area contributed by atoms with Gasteiger partial charge in [0.2, 0.25) is 11.7 Å². The summed E-state index contributed by atoms with van der Waals surface area (Å²) >= 11 is 3.37. The molecule has 0 saturated heterocycles. The van der Waals surface area contributed by atoms with E-state index in [0.717, 1.165) is 31.4 Å². The minimum atomic E-state index is -0.833. The average molecular weight is 351 g/mol. The predicted octanol–water partition coefficient (Wildman–Crippen LogP) is 1.45. The van der Waals surface area contributed by atoms with Gasteiger partial charge in [0.05, 0.1) is 11.8 Å². The molecule has 0 saturated carbocycles. The van der Waals surface area contributed by atoms with Crippen LogP contribution in [0.5, 0.6) is 0 Å². The normalized spacial score (nSPS) is 11.0. The van der Waals surface area contributed by atoms with E-state index in [4.69, 9.17) is 0 Å². The second kappa shape index (κ2) is 4.88. The van der Waals surface area contributed by atoms with Crippen LogP contribution >= 0.6 is 15.9 Å². The highest BCUT2D eigenvalue weighted by Crippen LogP contribution is 2.19. The van der Waals surface area contributed by atoms with Crippen molar-refractivity contribution in [2.45, 2.75) is 6.92 Å². The zero-order chi connectivity index (χ0) is 15.1. The van der Waals surface area contributed by atoms with Crippen molar-refractivity contribution in [2.75, 3.05) is 0 Å². The number of aromatic nitrogens is 4. The molecule has 3 rings (SSSR count). The first-order valence-corrected chi connectivity index (χ1v) is 6.70. The third-order valence-electron chi connectivity index (χ3n) is 2.99. The van der Waals surface area contributed by atoms with Crippen LogP contribution in [0, 0.1) is 12.9 Å². The van der Waals surface area contributed by atoms with Crippen LogP contribution in [0.2, 0.25) is 0 Å². The van der Waals surface area contributed by atoms with Crippen LogP contribution in [0.1, 0.15) is 5.56 Å². The largest absolute Gasteiger partial charge is 0.371 e. The maximum atomic E-state index is 13.8. The summed E-state index contributed by atoms with van der Waals surface area (Å²) in [6.45, 7) is 1.85. The van der Waals surface area contributed by atoms with Crippen LogP contribution < -0.4 is 11.2 Å². The Kier molecular flexibility index (Phi) is 3.17. The number of halogens is 2. The van der Waals surface area contributed by atoms with Crippen LogP contribution in [0.25, 0.3) is 11.5 Å². The Labute approximate surface area is 125 Å². The van der Waals surface area contributed by atoms with Gasteiger partial charge in [0, 0.05) is 4.47 Å². The number of aryl methyl sites for hydroxylation is 1. The van der Waals surface area contributed by atoms with E-state index < -0.39 is 17.2 Å². The molecule has 0 unspecified atom stereocenters. The van der Waals surface area contributed by atoms with Crippen LogP contribution in [0.4, 0.5) is 4.39 Å². The van der Waals surface area contributed by atoms with E-state index >= 15 is 0 Å². The first-order chi connectivity index (χ1) is 9.97. The molecule has 0 atom stereocenters. The predicted molar refractivity (Wildman–Crippen MR) is 77.2 cm³/mol. The molecule has 1 aromatic carbocycles. The van der Waals surface area contributed by atoms with Crippen molar-refractivity contribution >= 4 is 21.7 Å². The summed E-state index contributed by atoms with van der Waals surface area (Å²) in [5.74, 6) is -0.957. The SMILES string of the molecule is Cc1cc(-n2c(=O)cc(F)n3cnc(=O)nc23)ccc1Br. The molecule has 0 bridgehead atoms. The smallest absolute Gasteiger partial charge is 0.269 e. The van der Waals surface area contributed by atoms with Crippen LogP contribution in [-0.4, -0.2) is 18.9 Å². The Morgan fingerprint density at radius 2 is 2.00 bits per heavy atom. The van der Waals surface area contributed by atoms with Gasteiger partial charge in [-0.3, -0.25) is 4.79 Å². The van der Waals surface area contributed by atoms with E-state index in [9.17, 15) is 14.0 Å². The molecule has 8 heteroatoms. The maximum absolute atomic E-state index is 13.8. The number of benzene rings is 1. The summed E-state index contributed by atoms with van der Waals surface area (Å²) in [4.78, 5) is 30.5. The first-order valence-electron chi connectivity index (χ1n) is 5.91. The lowest BCUT2D eigenvalue weighted by Crippen LogP contribution is -2.26. The van der Waals surface area contributed by atoms with Gasteiger partial charge in [-0.2, -0.15) is 14.4 Å². The first kappa shape index (κ1) is 13.6. The highest BCUT2D eigenvalue weighted by molar-refractivity contribution is 9.10. The van der Waals surface area contributed by atoms with Gasteiger partial charge < -0.3 is 0 Å². The minimum Gasteiger partial charge on any atom is -0.269 e. The van der Waals surface area contributed by atoms with Crippen molar-refractivity contribution in [3.8, 4) is 5.69 Å². The molecule has 21 heavy (non-hydrogen) atoms. The van der Waals surface area contributed by atoms with Gasteiger partial charge in [0.25, 0.3) is 5.56 Å². The van der Waals surface area contributed by atoms with Gasteiger partial charge >= 0.3 is 5.69 Å². The lowest BCUT2D eigenvalue weighted by molar-refractivity contribution is 0.549. The molecule has 0 aliphatic rings. The van der Waals surface area contributed by atoms with Gasteiger partial charge in [-0.1, -0.05) is 15.9 Å². The average Bonchev–Trinajstić information content (AvgIpc) is 2.42. The molecule has 106 valence electrons. The van der Waals surface area contributed by atoms with E-state index in [-0.39, 0.29) is 5.78 Å². The van der Waals surface area contributed by atoms with E-state index in [1.807, 2.05) is 6.92 Å². The summed E-state index contributed by atoms with van der Waals surface area (Å²) in [7, 11) is 0. The van der Waals surface area contributed by atoms with E-state index in [0.29, 0.717) is 5.69 Å². The number of rotatable bonds is 1. The molecule has 0 spiro atoms. The van der Waals surface area contributed by atoms with Crippen LogP contribution in [0.15, 0.2) is 44.7 Å². The van der Waals surface area contributed by atoms with Crippen LogP contribution in [-0.2, 0) is 0 Å². The van der Waals surface area contributed by atoms with Crippen molar-refractivity contribution < 1.29 is 4.39 Å². The molecule has 0 aliphatic carbocycles. The fourth-order valence-corrected chi connectivity index (χ4v) is 2.23. The molecule has 3 aromatic rings. The van der Waals surface area contributed by atoms with Crippen molar-refractivity contribution in [3.05, 3.63) is 67.4 Å². The number of hydrogen-bond acceptors (Lipinski definition) is 4. The van der Waals surface area contributed by atoms with Crippen molar-refractivity contribution in [1.29, 1.82) is 0 Å². The van der Waals surface area contributed by atoms with E-state index in [1.165, 1.54) is 0 Å². The van der Waals surface area contributed by atoms with Gasteiger partial charge in [0.15, 0.2) is 0 Å². The zero-order valence-electron chi connectivity index (χ0n) is 10.7. The minimum absolute atomic E-state index is 0.123. The number of nitrogens with zero attached hydrogens (tertiary/aromatic N) is 4. The third-order valence-corrected chi connectivity index (χ3v) is 3.88. The molecule has 0 amide bonds. The van der Waals surface area contributed by atoms with E-state index in [2.05, 4.69) is 25.9 Å². The van der Waals surface area contributed by atoms with Crippen molar-refractivity contribution in [3.63, 3.8) is 0 Å². The Morgan fingerprint density at radius 3 is 2.71 bits per heavy atom. The number of fused-ring (bicyclic) bond motifs is 1. The van der Waals surface area contributed by atoms with Gasteiger partial charge in [-0.25, -0.2) is 13.8 Å². The Hall–Kier alpha value is -2.35. The second-order valence-corrected chi connectivity index (χ2v) is 5.24. The molecule has 0 radical (unpaired) electrons. The molecular weight excluding hydrogens is 343 g/mol. The highest BCUT2D eigenvalue weighted by Gasteiger charge is 2.12.